The molecule has 70 heavy (non-hydrogen) atoms. The van der Waals surface area contributed by atoms with Crippen LogP contribution in [-0.2, 0) is 25.5 Å². The van der Waals surface area contributed by atoms with Crippen LogP contribution in [0.3, 0.4) is 0 Å². The van der Waals surface area contributed by atoms with E-state index in [1.165, 1.54) is 28.7 Å². The topological polar surface area (TPSA) is 129 Å². The predicted molar refractivity (Wildman–Crippen MR) is 290 cm³/mol. The molecule has 12 heteroatoms. The number of hydrogen-bond donors (Lipinski definition) is 3. The molecular formula is C58H91N7O4S. The van der Waals surface area contributed by atoms with E-state index in [-0.39, 0.29) is 35.3 Å². The molecule has 5 unspecified atom stereocenters. The van der Waals surface area contributed by atoms with Crippen LogP contribution in [0.4, 0.5) is 0 Å². The molecule has 4 aliphatic rings. The average Bonchev–Trinajstić information content (AvgIpc) is 3.64. The van der Waals surface area contributed by atoms with E-state index in [1.807, 2.05) is 6.20 Å². The standard InChI is InChI=1S/C51H77N7O3S.C4H6O.C3H8/c1-10-34(4)46(40-20-17-24-53-47(40)36(6)61-9)42(30-51(7,8)11-2)41-28-39(22-21-35(41)5)44-33-62-45(55-44)29-43(50(60)58-26-16-15-25-54-58)56-49(59)48(38-18-13-14-19-38)57-27-23-37(32-57)31-52-12-3;5-3-4-1-2-4;1-3-2/h17,20-22,24,28,33-34,36-38,43,48,52,54H,10-16,18-19,23,25-27,29-32H2,1-9H3,(H,56,59);3-4H,1-2H2;3H2,1-2H3/b46-42+;;. The molecule has 4 heterocycles. The maximum atomic E-state index is 14.6. The Labute approximate surface area is 427 Å². The summed E-state index contributed by atoms with van der Waals surface area (Å²) in [5, 5.41) is 11.6. The predicted octanol–water partition coefficient (Wildman–Crippen LogP) is 11.7. The molecular weight excluding hydrogens is 891 g/mol. The van der Waals surface area contributed by atoms with E-state index in [0.29, 0.717) is 30.7 Å². The van der Waals surface area contributed by atoms with Gasteiger partial charge in [0.2, 0.25) is 5.91 Å². The van der Waals surface area contributed by atoms with Crippen molar-refractivity contribution in [3.8, 4) is 11.3 Å². The van der Waals surface area contributed by atoms with Gasteiger partial charge in [-0.05, 0) is 149 Å². The molecule has 7 rings (SSSR count). The minimum absolute atomic E-state index is 0.000542. The quantitative estimate of drug-likeness (QED) is 0.0894. The highest BCUT2D eigenvalue weighted by Crippen LogP contribution is 2.45. The monoisotopic (exact) mass is 982 g/mol. The zero-order chi connectivity index (χ0) is 50.8. The van der Waals surface area contributed by atoms with Gasteiger partial charge in [-0.3, -0.25) is 24.5 Å². The normalized spacial score (nSPS) is 19.8. The summed E-state index contributed by atoms with van der Waals surface area (Å²) < 4.78 is 5.88. The molecule has 2 saturated carbocycles. The van der Waals surface area contributed by atoms with Gasteiger partial charge in [0.05, 0.1) is 28.5 Å². The largest absolute Gasteiger partial charge is 0.375 e. The van der Waals surface area contributed by atoms with Gasteiger partial charge in [0.1, 0.15) is 12.3 Å². The maximum Gasteiger partial charge on any atom is 0.259 e. The Bertz CT molecular complexity index is 2120. The lowest BCUT2D eigenvalue weighted by Crippen LogP contribution is -2.59. The van der Waals surface area contributed by atoms with Gasteiger partial charge in [-0.15, -0.1) is 11.3 Å². The number of methoxy groups -OCH3 is 1. The summed E-state index contributed by atoms with van der Waals surface area (Å²) >= 11 is 1.58. The number of amides is 2. The molecule has 2 saturated heterocycles. The molecule has 4 fully saturated rings. The zero-order valence-corrected chi connectivity index (χ0v) is 45.9. The molecule has 0 bridgehead atoms. The van der Waals surface area contributed by atoms with Crippen LogP contribution >= 0.6 is 11.3 Å². The third-order valence-corrected chi connectivity index (χ3v) is 15.9. The van der Waals surface area contributed by atoms with Gasteiger partial charge >= 0.3 is 0 Å². The second-order valence-corrected chi connectivity index (χ2v) is 22.3. The van der Waals surface area contributed by atoms with Gasteiger partial charge in [0.15, 0.2) is 0 Å². The van der Waals surface area contributed by atoms with Crippen LogP contribution < -0.4 is 16.1 Å². The molecule has 388 valence electrons. The number of carbonyl (C=O) groups excluding carboxylic acids is 3. The summed E-state index contributed by atoms with van der Waals surface area (Å²) in [5.41, 5.74) is 12.6. The fourth-order valence-electron chi connectivity index (χ4n) is 10.1. The molecule has 3 aromatic rings. The fourth-order valence-corrected chi connectivity index (χ4v) is 11.0. The van der Waals surface area contributed by atoms with Crippen molar-refractivity contribution in [3.05, 3.63) is 69.3 Å². The molecule has 2 aliphatic carbocycles. The number of aromatic nitrogens is 2. The number of aldehydes is 1. The Balaban J connectivity index is 0.00000105. The van der Waals surface area contributed by atoms with Gasteiger partial charge in [-0.25, -0.2) is 10.4 Å². The number of nitrogens with one attached hydrogen (secondary N) is 3. The second-order valence-electron chi connectivity index (χ2n) is 21.4. The van der Waals surface area contributed by atoms with E-state index in [9.17, 15) is 14.4 Å². The number of allylic oxidation sites excluding steroid dienone is 2. The number of thiazole rings is 1. The van der Waals surface area contributed by atoms with E-state index in [2.05, 4.69) is 126 Å². The Morgan fingerprint density at radius 1 is 0.986 bits per heavy atom. The van der Waals surface area contributed by atoms with Gasteiger partial charge in [-0.2, -0.15) is 0 Å². The highest BCUT2D eigenvalue weighted by atomic mass is 32.1. The molecule has 2 amide bonds. The number of carbonyl (C=O) groups is 3. The third-order valence-electron chi connectivity index (χ3n) is 15.0. The number of rotatable bonds is 21. The first-order valence-electron chi connectivity index (χ1n) is 27.2. The van der Waals surface area contributed by atoms with E-state index in [1.54, 1.807) is 23.5 Å². The molecule has 2 aromatic heterocycles. The summed E-state index contributed by atoms with van der Waals surface area (Å²) in [7, 11) is 1.76. The van der Waals surface area contributed by atoms with Crippen LogP contribution in [-0.4, -0.2) is 96.4 Å². The first-order valence-corrected chi connectivity index (χ1v) is 28.1. The maximum absolute atomic E-state index is 14.6. The number of pyridine rings is 1. The fraction of sp³-hybridized carbons (Fsp3) is 0.672. The van der Waals surface area contributed by atoms with E-state index >= 15 is 0 Å². The van der Waals surface area contributed by atoms with Crippen molar-refractivity contribution in [1.82, 2.24) is 35.9 Å². The number of hydrogen-bond acceptors (Lipinski definition) is 10. The van der Waals surface area contributed by atoms with E-state index in [0.717, 1.165) is 144 Å². The first-order chi connectivity index (χ1) is 33.7. The number of hydrazine groups is 1. The van der Waals surface area contributed by atoms with Crippen LogP contribution in [0.25, 0.3) is 22.4 Å². The number of benzene rings is 1. The lowest BCUT2D eigenvalue weighted by atomic mass is 9.75. The SMILES string of the molecule is CCC.CCNCC1CCN(C(C(=O)NC(Cc2nc(-c3ccc(C)c(/C(CC(C)(C)CC)=C(/c4cccnc4C(C)OC)C(C)CC)c3)cs2)C(=O)N2CCCCN2)C2CCCC2)C1.O=CC1CC1. The summed E-state index contributed by atoms with van der Waals surface area (Å²) in [5.74, 6) is 1.52. The van der Waals surface area contributed by atoms with Gasteiger partial charge < -0.3 is 20.2 Å². The number of aryl methyl sites for hydroxylation is 1. The summed E-state index contributed by atoms with van der Waals surface area (Å²) in [6.45, 7) is 27.5. The highest BCUT2D eigenvalue weighted by Gasteiger charge is 2.41. The number of nitrogens with zero attached hydrogens (tertiary/aromatic N) is 4. The van der Waals surface area contributed by atoms with Crippen LogP contribution in [0.15, 0.2) is 41.9 Å². The van der Waals surface area contributed by atoms with Crippen LogP contribution in [0.2, 0.25) is 0 Å². The third kappa shape index (κ3) is 16.1. The van der Waals surface area contributed by atoms with Crippen LogP contribution in [0.1, 0.15) is 179 Å². The first kappa shape index (κ1) is 57.1. The van der Waals surface area contributed by atoms with E-state index < -0.39 is 6.04 Å². The molecule has 5 atom stereocenters. The molecule has 0 spiro atoms. The molecule has 11 nitrogen and oxygen atoms in total. The van der Waals surface area contributed by atoms with Crippen molar-refractivity contribution < 1.29 is 19.1 Å². The van der Waals surface area contributed by atoms with Crippen molar-refractivity contribution >= 4 is 40.6 Å². The number of ether oxygens (including phenoxy) is 1. The molecule has 0 radical (unpaired) electrons. The van der Waals surface area contributed by atoms with Gasteiger partial charge in [0.25, 0.3) is 5.91 Å². The van der Waals surface area contributed by atoms with Gasteiger partial charge in [-0.1, -0.05) is 99.3 Å². The minimum Gasteiger partial charge on any atom is -0.375 e. The number of likely N-dealkylation sites (tertiary alicyclic amines) is 1. The zero-order valence-electron chi connectivity index (χ0n) is 45.1. The molecule has 1 aromatic carbocycles. The smallest absolute Gasteiger partial charge is 0.259 e. The van der Waals surface area contributed by atoms with Gasteiger partial charge in [0, 0.05) is 61.8 Å². The minimum atomic E-state index is -0.711. The second kappa shape index (κ2) is 28.4. The lowest BCUT2D eigenvalue weighted by molar-refractivity contribution is -0.141. The van der Waals surface area contributed by atoms with Crippen LogP contribution in [0, 0.1) is 36.0 Å². The van der Waals surface area contributed by atoms with Crippen LogP contribution in [0.5, 0.6) is 0 Å². The van der Waals surface area contributed by atoms with Crippen molar-refractivity contribution in [2.75, 3.05) is 46.4 Å². The lowest BCUT2D eigenvalue weighted by Gasteiger charge is -2.35. The summed E-state index contributed by atoms with van der Waals surface area (Å²) in [4.78, 5) is 51.1. The van der Waals surface area contributed by atoms with Crippen molar-refractivity contribution in [3.63, 3.8) is 0 Å². The molecule has 2 aliphatic heterocycles. The average molecular weight is 982 g/mol. The Hall–Kier alpha value is -3.81. The Morgan fingerprint density at radius 3 is 2.34 bits per heavy atom. The van der Waals surface area contributed by atoms with E-state index in [4.69, 9.17) is 14.7 Å². The highest BCUT2D eigenvalue weighted by molar-refractivity contribution is 7.10. The Morgan fingerprint density at radius 2 is 1.73 bits per heavy atom. The van der Waals surface area contributed by atoms with Crippen molar-refractivity contribution in [2.24, 2.45) is 29.1 Å². The summed E-state index contributed by atoms with van der Waals surface area (Å²) in [6.07, 6.45) is 17.1. The Kier molecular flexibility index (Phi) is 23.2. The summed E-state index contributed by atoms with van der Waals surface area (Å²) in [6, 6.07) is 10.1. The van der Waals surface area contributed by atoms with Crippen molar-refractivity contribution in [1.29, 1.82) is 0 Å². The van der Waals surface area contributed by atoms with Crippen molar-refractivity contribution in [2.45, 2.75) is 177 Å². The molecule has 3 N–H and O–H groups in total.